The molecule has 1 fully saturated rings. The number of carbonyl (C=O) groups is 1. The monoisotopic (exact) mass is 345 g/mol. The first-order valence-electron chi connectivity index (χ1n) is 7.04. The van der Waals surface area contributed by atoms with Crippen LogP contribution in [0.4, 0.5) is 5.69 Å². The molecule has 0 radical (unpaired) electrons. The number of nitriles is 2. The average molecular weight is 346 g/mol. The van der Waals surface area contributed by atoms with Crippen LogP contribution in [0.2, 0.25) is 0 Å². The minimum atomic E-state index is -0.967. The molecule has 0 spiro atoms. The molecule has 2 rings (SSSR count). The van der Waals surface area contributed by atoms with E-state index in [1.54, 1.807) is 18.2 Å². The first-order chi connectivity index (χ1) is 10.1. The van der Waals surface area contributed by atoms with Gasteiger partial charge in [0.05, 0.1) is 17.3 Å². The number of carbonyl (C=O) groups excluding carboxylic acids is 1. The fraction of sp³-hybridized carbons (Fsp3) is 0.438. The molecule has 1 N–H and O–H groups in total. The van der Waals surface area contributed by atoms with Crippen molar-refractivity contribution in [1.82, 2.24) is 0 Å². The van der Waals surface area contributed by atoms with E-state index in [0.29, 0.717) is 24.1 Å². The van der Waals surface area contributed by atoms with Gasteiger partial charge in [0.25, 0.3) is 0 Å². The van der Waals surface area contributed by atoms with Crippen LogP contribution in [0.5, 0.6) is 0 Å². The van der Waals surface area contributed by atoms with E-state index in [1.807, 2.05) is 0 Å². The number of anilines is 1. The SMILES string of the molecule is N#Cc1ccc(Br)cc1NC(=O)C1(C#N)CCCCCC1. The van der Waals surface area contributed by atoms with Crippen molar-refractivity contribution < 1.29 is 4.79 Å². The number of halogens is 1. The number of hydrogen-bond acceptors (Lipinski definition) is 3. The predicted octanol–water partition coefficient (Wildman–Crippen LogP) is 4.12. The van der Waals surface area contributed by atoms with E-state index in [1.165, 1.54) is 0 Å². The summed E-state index contributed by atoms with van der Waals surface area (Å²) in [6.45, 7) is 0. The van der Waals surface area contributed by atoms with Gasteiger partial charge in [-0.3, -0.25) is 4.79 Å². The van der Waals surface area contributed by atoms with Crippen LogP contribution in [-0.4, -0.2) is 5.91 Å². The van der Waals surface area contributed by atoms with Crippen LogP contribution >= 0.6 is 15.9 Å². The summed E-state index contributed by atoms with van der Waals surface area (Å²) >= 11 is 3.33. The topological polar surface area (TPSA) is 76.7 Å². The van der Waals surface area contributed by atoms with Gasteiger partial charge in [-0.15, -0.1) is 0 Å². The third-order valence-corrected chi connectivity index (χ3v) is 4.45. The number of hydrogen-bond donors (Lipinski definition) is 1. The Labute approximate surface area is 132 Å². The molecule has 0 atom stereocenters. The largest absolute Gasteiger partial charge is 0.323 e. The highest BCUT2D eigenvalue weighted by Crippen LogP contribution is 2.36. The molecule has 0 heterocycles. The lowest BCUT2D eigenvalue weighted by Crippen LogP contribution is -2.34. The highest BCUT2D eigenvalue weighted by atomic mass is 79.9. The highest BCUT2D eigenvalue weighted by Gasteiger charge is 2.39. The van der Waals surface area contributed by atoms with Crippen LogP contribution in [-0.2, 0) is 4.79 Å². The Hall–Kier alpha value is -1.85. The summed E-state index contributed by atoms with van der Waals surface area (Å²) in [6, 6.07) is 9.37. The Balaban J connectivity index is 2.26. The standard InChI is InChI=1S/C16H16BrN3O/c17-13-6-5-12(10-18)14(9-13)20-15(21)16(11-19)7-3-1-2-4-8-16/h5-6,9H,1-4,7-8H2,(H,20,21). The lowest BCUT2D eigenvalue weighted by atomic mass is 9.81. The zero-order chi connectivity index (χ0) is 15.3. The van der Waals surface area contributed by atoms with Gasteiger partial charge in [0.2, 0.25) is 5.91 Å². The van der Waals surface area contributed by atoms with Gasteiger partial charge >= 0.3 is 0 Å². The highest BCUT2D eigenvalue weighted by molar-refractivity contribution is 9.10. The normalized spacial score (nSPS) is 17.1. The second-order valence-electron chi connectivity index (χ2n) is 5.36. The molecule has 1 saturated carbocycles. The predicted molar refractivity (Wildman–Crippen MR) is 83.2 cm³/mol. The maximum atomic E-state index is 12.6. The molecular formula is C16H16BrN3O. The molecule has 1 aliphatic rings. The van der Waals surface area contributed by atoms with Gasteiger partial charge in [-0.25, -0.2) is 0 Å². The molecule has 4 nitrogen and oxygen atoms in total. The molecule has 0 unspecified atom stereocenters. The van der Waals surface area contributed by atoms with Crippen molar-refractivity contribution in [2.24, 2.45) is 5.41 Å². The molecule has 0 saturated heterocycles. The molecule has 0 aliphatic heterocycles. The van der Waals surface area contributed by atoms with E-state index in [9.17, 15) is 10.1 Å². The van der Waals surface area contributed by atoms with Gasteiger partial charge in [-0.2, -0.15) is 10.5 Å². The van der Waals surface area contributed by atoms with Gasteiger partial charge < -0.3 is 5.32 Å². The van der Waals surface area contributed by atoms with Crippen LogP contribution in [0, 0.1) is 28.1 Å². The van der Waals surface area contributed by atoms with Gasteiger partial charge in [0, 0.05) is 4.47 Å². The van der Waals surface area contributed by atoms with Gasteiger partial charge in [0.1, 0.15) is 11.5 Å². The molecule has 1 aliphatic carbocycles. The summed E-state index contributed by atoms with van der Waals surface area (Å²) in [6.07, 6.45) is 5.10. The maximum absolute atomic E-state index is 12.6. The molecule has 0 bridgehead atoms. The molecule has 21 heavy (non-hydrogen) atoms. The second kappa shape index (κ2) is 6.74. The summed E-state index contributed by atoms with van der Waals surface area (Å²) in [5.74, 6) is -0.290. The zero-order valence-corrected chi connectivity index (χ0v) is 13.2. The Bertz CT molecular complexity index is 619. The molecule has 0 aromatic heterocycles. The number of nitrogens with one attached hydrogen (secondary N) is 1. The van der Waals surface area contributed by atoms with Crippen molar-refractivity contribution in [3.05, 3.63) is 28.2 Å². The van der Waals surface area contributed by atoms with E-state index in [0.717, 1.165) is 30.2 Å². The first-order valence-corrected chi connectivity index (χ1v) is 7.83. The number of rotatable bonds is 2. The quantitative estimate of drug-likeness (QED) is 0.818. The van der Waals surface area contributed by atoms with Crippen LogP contribution in [0.25, 0.3) is 0 Å². The fourth-order valence-electron chi connectivity index (χ4n) is 2.68. The molecule has 1 aromatic carbocycles. The first kappa shape index (κ1) is 15.5. The summed E-state index contributed by atoms with van der Waals surface area (Å²) < 4.78 is 0.781. The summed E-state index contributed by atoms with van der Waals surface area (Å²) in [5, 5.41) is 21.4. The maximum Gasteiger partial charge on any atom is 0.244 e. The third kappa shape index (κ3) is 3.43. The van der Waals surface area contributed by atoms with Crippen LogP contribution in [0.15, 0.2) is 22.7 Å². The molecule has 108 valence electrons. The van der Waals surface area contributed by atoms with Crippen molar-refractivity contribution in [2.75, 3.05) is 5.32 Å². The van der Waals surface area contributed by atoms with E-state index >= 15 is 0 Å². The fourth-order valence-corrected chi connectivity index (χ4v) is 3.04. The van der Waals surface area contributed by atoms with Gasteiger partial charge in [0.15, 0.2) is 0 Å². The molecule has 1 aromatic rings. The lowest BCUT2D eigenvalue weighted by molar-refractivity contribution is -0.123. The Morgan fingerprint density at radius 3 is 2.43 bits per heavy atom. The van der Waals surface area contributed by atoms with Crippen LogP contribution in [0.1, 0.15) is 44.1 Å². The Morgan fingerprint density at radius 2 is 1.86 bits per heavy atom. The number of benzene rings is 1. The van der Waals surface area contributed by atoms with Crippen molar-refractivity contribution in [3.63, 3.8) is 0 Å². The summed E-state index contributed by atoms with van der Waals surface area (Å²) in [5.41, 5.74) is -0.116. The Kier molecular flexibility index (Phi) is 4.98. The van der Waals surface area contributed by atoms with Gasteiger partial charge in [-0.1, -0.05) is 41.6 Å². The molecular weight excluding hydrogens is 330 g/mol. The second-order valence-corrected chi connectivity index (χ2v) is 6.28. The summed E-state index contributed by atoms with van der Waals surface area (Å²) in [7, 11) is 0. The minimum absolute atomic E-state index is 0.290. The summed E-state index contributed by atoms with van der Waals surface area (Å²) in [4.78, 5) is 12.6. The zero-order valence-electron chi connectivity index (χ0n) is 11.7. The van der Waals surface area contributed by atoms with E-state index < -0.39 is 5.41 Å². The van der Waals surface area contributed by atoms with Crippen molar-refractivity contribution >= 4 is 27.5 Å². The smallest absolute Gasteiger partial charge is 0.244 e. The van der Waals surface area contributed by atoms with E-state index in [2.05, 4.69) is 33.4 Å². The van der Waals surface area contributed by atoms with Crippen LogP contribution < -0.4 is 5.32 Å². The average Bonchev–Trinajstić information content (AvgIpc) is 2.74. The van der Waals surface area contributed by atoms with E-state index in [4.69, 9.17) is 5.26 Å². The van der Waals surface area contributed by atoms with Crippen molar-refractivity contribution in [3.8, 4) is 12.1 Å². The van der Waals surface area contributed by atoms with Gasteiger partial charge in [-0.05, 0) is 31.0 Å². The minimum Gasteiger partial charge on any atom is -0.323 e. The number of amides is 1. The molecule has 5 heteroatoms. The molecule has 1 amide bonds. The van der Waals surface area contributed by atoms with Crippen molar-refractivity contribution in [1.29, 1.82) is 10.5 Å². The van der Waals surface area contributed by atoms with Crippen LogP contribution in [0.3, 0.4) is 0 Å². The Morgan fingerprint density at radius 1 is 1.19 bits per heavy atom. The van der Waals surface area contributed by atoms with E-state index in [-0.39, 0.29) is 5.91 Å². The third-order valence-electron chi connectivity index (χ3n) is 3.96. The number of nitrogens with zero attached hydrogens (tertiary/aromatic N) is 2. The van der Waals surface area contributed by atoms with Crippen molar-refractivity contribution in [2.45, 2.75) is 38.5 Å². The lowest BCUT2D eigenvalue weighted by Gasteiger charge is -2.23.